The maximum atomic E-state index is 12.7. The molecule has 6 heteroatoms. The summed E-state index contributed by atoms with van der Waals surface area (Å²) in [7, 11) is 3.27. The lowest BCUT2D eigenvalue weighted by Gasteiger charge is -2.21. The number of amides is 1. The predicted octanol–water partition coefficient (Wildman–Crippen LogP) is 3.28. The Hall–Kier alpha value is -3.02. The first kappa shape index (κ1) is 18.8. The summed E-state index contributed by atoms with van der Waals surface area (Å²) < 4.78 is 8.40. The Balaban J connectivity index is 1.91. The first-order valence-corrected chi connectivity index (χ1v) is 8.85. The number of benzene rings is 2. The Morgan fingerprint density at radius 3 is 2.41 bits per heavy atom. The summed E-state index contributed by atoms with van der Waals surface area (Å²) in [6.07, 6.45) is 0. The molecule has 0 fully saturated rings. The number of imidazole rings is 1. The monoisotopic (exact) mass is 367 g/mol. The van der Waals surface area contributed by atoms with Crippen molar-refractivity contribution in [3.63, 3.8) is 0 Å². The zero-order valence-electron chi connectivity index (χ0n) is 16.4. The number of aromatic nitrogens is 2. The zero-order chi connectivity index (χ0) is 19.8. The number of carbonyl (C=O) groups is 1. The molecule has 0 radical (unpaired) electrons. The smallest absolute Gasteiger partial charge is 0.329 e. The number of rotatable bonds is 4. The van der Waals surface area contributed by atoms with Gasteiger partial charge in [0.05, 0.1) is 23.8 Å². The number of aryl methyl sites for hydroxylation is 1. The van der Waals surface area contributed by atoms with E-state index in [0.29, 0.717) is 11.4 Å². The van der Waals surface area contributed by atoms with Gasteiger partial charge in [-0.25, -0.2) is 4.79 Å². The summed E-state index contributed by atoms with van der Waals surface area (Å²) >= 11 is 0. The molecular weight excluding hydrogens is 342 g/mol. The largest absolute Gasteiger partial charge is 0.495 e. The highest BCUT2D eigenvalue weighted by atomic mass is 16.5. The molecule has 142 valence electrons. The van der Waals surface area contributed by atoms with Crippen LogP contribution in [0.5, 0.6) is 5.75 Å². The lowest BCUT2D eigenvalue weighted by molar-refractivity contribution is -0.116. The number of nitrogens with one attached hydrogen (secondary N) is 1. The van der Waals surface area contributed by atoms with E-state index in [0.717, 1.165) is 16.6 Å². The fourth-order valence-electron chi connectivity index (χ4n) is 3.12. The molecule has 0 bridgehead atoms. The van der Waals surface area contributed by atoms with Crippen LogP contribution in [0.3, 0.4) is 0 Å². The summed E-state index contributed by atoms with van der Waals surface area (Å²) in [4.78, 5) is 25.2. The number of fused-ring (bicyclic) bond motifs is 1. The fraction of sp³-hybridized carbons (Fsp3) is 0.333. The van der Waals surface area contributed by atoms with E-state index in [4.69, 9.17) is 4.74 Å². The molecule has 0 aliphatic heterocycles. The minimum Gasteiger partial charge on any atom is -0.495 e. The van der Waals surface area contributed by atoms with E-state index in [1.54, 1.807) is 18.7 Å². The molecular formula is C21H25N3O3. The Kier molecular flexibility index (Phi) is 4.83. The molecule has 0 aliphatic carbocycles. The average molecular weight is 367 g/mol. The third-order valence-electron chi connectivity index (χ3n) is 4.69. The summed E-state index contributed by atoms with van der Waals surface area (Å²) in [6, 6.07) is 13.2. The van der Waals surface area contributed by atoms with Gasteiger partial charge in [0.15, 0.2) is 0 Å². The van der Waals surface area contributed by atoms with Crippen molar-refractivity contribution in [3.8, 4) is 5.75 Å². The number of methoxy groups -OCH3 is 1. The number of carbonyl (C=O) groups excluding carboxylic acids is 1. The molecule has 3 rings (SSSR count). The highest BCUT2D eigenvalue weighted by Crippen LogP contribution is 2.31. The van der Waals surface area contributed by atoms with Crippen molar-refractivity contribution in [1.29, 1.82) is 0 Å². The highest BCUT2D eigenvalue weighted by Gasteiger charge is 2.18. The van der Waals surface area contributed by atoms with Crippen LogP contribution in [0.2, 0.25) is 0 Å². The quantitative estimate of drug-likeness (QED) is 0.770. The summed E-state index contributed by atoms with van der Waals surface area (Å²) in [5, 5.41) is 2.89. The SMILES string of the molecule is COc1ccc(C(C)(C)C)cc1NC(=O)Cn1c(=O)n(C)c2ccccc21. The molecule has 6 nitrogen and oxygen atoms in total. The van der Waals surface area contributed by atoms with E-state index in [2.05, 4.69) is 26.1 Å². The molecule has 27 heavy (non-hydrogen) atoms. The van der Waals surface area contributed by atoms with Crippen LogP contribution in [0.4, 0.5) is 5.69 Å². The highest BCUT2D eigenvalue weighted by molar-refractivity contribution is 5.93. The number of para-hydroxylation sites is 2. The van der Waals surface area contributed by atoms with Crippen molar-refractivity contribution in [2.75, 3.05) is 12.4 Å². The average Bonchev–Trinajstić information content (AvgIpc) is 2.86. The van der Waals surface area contributed by atoms with Crippen LogP contribution in [0.15, 0.2) is 47.3 Å². The Morgan fingerprint density at radius 2 is 1.78 bits per heavy atom. The lowest BCUT2D eigenvalue weighted by Crippen LogP contribution is -2.28. The first-order valence-electron chi connectivity index (χ1n) is 8.85. The first-order chi connectivity index (χ1) is 12.7. The maximum Gasteiger partial charge on any atom is 0.329 e. The minimum atomic E-state index is -0.280. The van der Waals surface area contributed by atoms with Gasteiger partial charge in [0, 0.05) is 7.05 Å². The van der Waals surface area contributed by atoms with Crippen molar-refractivity contribution in [2.24, 2.45) is 7.05 Å². The van der Waals surface area contributed by atoms with Crippen LogP contribution < -0.4 is 15.7 Å². The number of hydrogen-bond acceptors (Lipinski definition) is 3. The van der Waals surface area contributed by atoms with Crippen LogP contribution in [0, 0.1) is 0 Å². The van der Waals surface area contributed by atoms with Gasteiger partial charge in [-0.3, -0.25) is 13.9 Å². The van der Waals surface area contributed by atoms with Gasteiger partial charge >= 0.3 is 5.69 Å². The van der Waals surface area contributed by atoms with Crippen LogP contribution in [-0.4, -0.2) is 22.2 Å². The minimum absolute atomic E-state index is 0.0572. The van der Waals surface area contributed by atoms with Gasteiger partial charge in [0.2, 0.25) is 5.91 Å². The molecule has 0 saturated heterocycles. The van der Waals surface area contributed by atoms with Gasteiger partial charge < -0.3 is 10.1 Å². The van der Waals surface area contributed by atoms with Gasteiger partial charge in [-0.05, 0) is 35.2 Å². The van der Waals surface area contributed by atoms with Crippen molar-refractivity contribution < 1.29 is 9.53 Å². The Bertz CT molecular complexity index is 1050. The van der Waals surface area contributed by atoms with E-state index < -0.39 is 0 Å². The summed E-state index contributed by atoms with van der Waals surface area (Å²) in [6.45, 7) is 6.26. The molecule has 1 N–H and O–H groups in total. The van der Waals surface area contributed by atoms with Crippen LogP contribution in [-0.2, 0) is 23.8 Å². The predicted molar refractivity (Wildman–Crippen MR) is 108 cm³/mol. The molecule has 3 aromatic rings. The second-order valence-corrected chi connectivity index (χ2v) is 7.63. The third kappa shape index (κ3) is 3.60. The number of hydrogen-bond donors (Lipinski definition) is 1. The maximum absolute atomic E-state index is 12.7. The van der Waals surface area contributed by atoms with Crippen LogP contribution >= 0.6 is 0 Å². The molecule has 1 aromatic heterocycles. The van der Waals surface area contributed by atoms with Crippen molar-refractivity contribution >= 4 is 22.6 Å². The fourth-order valence-corrected chi connectivity index (χ4v) is 3.12. The molecule has 0 unspecified atom stereocenters. The van der Waals surface area contributed by atoms with E-state index in [9.17, 15) is 9.59 Å². The van der Waals surface area contributed by atoms with Gasteiger partial charge in [-0.15, -0.1) is 0 Å². The van der Waals surface area contributed by atoms with E-state index in [1.807, 2.05) is 42.5 Å². The second-order valence-electron chi connectivity index (χ2n) is 7.63. The Morgan fingerprint density at radius 1 is 1.11 bits per heavy atom. The van der Waals surface area contributed by atoms with Crippen molar-refractivity contribution in [3.05, 3.63) is 58.5 Å². The van der Waals surface area contributed by atoms with Crippen LogP contribution in [0.1, 0.15) is 26.3 Å². The van der Waals surface area contributed by atoms with Gasteiger partial charge in [-0.1, -0.05) is 39.0 Å². The molecule has 1 amide bonds. The zero-order valence-corrected chi connectivity index (χ0v) is 16.4. The molecule has 1 heterocycles. The van der Waals surface area contributed by atoms with E-state index >= 15 is 0 Å². The Labute approximate surface area is 158 Å². The molecule has 0 saturated carbocycles. The number of ether oxygens (including phenoxy) is 1. The van der Waals surface area contributed by atoms with Gasteiger partial charge in [0.1, 0.15) is 12.3 Å². The topological polar surface area (TPSA) is 65.3 Å². The standard InChI is InChI=1S/C21H25N3O3/c1-21(2,3)14-10-11-18(27-5)15(12-14)22-19(25)13-24-17-9-7-6-8-16(17)23(4)20(24)26/h6-12H,13H2,1-5H3,(H,22,25). The summed E-state index contributed by atoms with van der Waals surface area (Å²) in [5.41, 5.74) is 2.93. The molecule has 2 aromatic carbocycles. The molecule has 0 spiro atoms. The normalized spacial score (nSPS) is 11.6. The molecule has 0 atom stereocenters. The van der Waals surface area contributed by atoms with Crippen LogP contribution in [0.25, 0.3) is 11.0 Å². The van der Waals surface area contributed by atoms with E-state index in [1.165, 1.54) is 4.57 Å². The summed E-state index contributed by atoms with van der Waals surface area (Å²) in [5.74, 6) is 0.305. The van der Waals surface area contributed by atoms with Gasteiger partial charge in [0.25, 0.3) is 0 Å². The lowest BCUT2D eigenvalue weighted by atomic mass is 9.87. The third-order valence-corrected chi connectivity index (χ3v) is 4.69. The van der Waals surface area contributed by atoms with Crippen molar-refractivity contribution in [1.82, 2.24) is 9.13 Å². The van der Waals surface area contributed by atoms with E-state index in [-0.39, 0.29) is 23.6 Å². The van der Waals surface area contributed by atoms with Crippen molar-refractivity contribution in [2.45, 2.75) is 32.7 Å². The molecule has 0 aliphatic rings. The van der Waals surface area contributed by atoms with Gasteiger partial charge in [-0.2, -0.15) is 0 Å². The number of nitrogens with zero attached hydrogens (tertiary/aromatic N) is 2. The second kappa shape index (κ2) is 6.95. The number of anilines is 1.